The van der Waals surface area contributed by atoms with Crippen molar-refractivity contribution in [1.29, 1.82) is 0 Å². The summed E-state index contributed by atoms with van der Waals surface area (Å²) in [7, 11) is 0. The standard InChI is InChI=1S/C22H32N4O3/c1-16(2)9-10-22(4)20(28)26(21(29)23-22)15-24-11-13-25(14-12-24)19-7-5-18(6-8-19)17(3)27/h5-8,16H,9-15H2,1-4H3,(H,23,29)/p+1/t22-/m0/s1. The zero-order valence-corrected chi connectivity index (χ0v) is 18.0. The molecular formula is C22H33N4O3+. The van der Waals surface area contributed by atoms with E-state index in [2.05, 4.69) is 24.1 Å². The molecule has 0 aliphatic carbocycles. The van der Waals surface area contributed by atoms with Crippen LogP contribution >= 0.6 is 0 Å². The molecule has 1 aromatic rings. The Hall–Kier alpha value is -2.41. The number of anilines is 1. The SMILES string of the molecule is CC(=O)c1ccc(N2CC[NH+](CN3C(=O)N[C@@](C)(CCC(C)C)C3=O)CC2)cc1. The van der Waals surface area contributed by atoms with Crippen LogP contribution in [-0.4, -0.2) is 61.0 Å². The van der Waals surface area contributed by atoms with Gasteiger partial charge in [-0.15, -0.1) is 0 Å². The first kappa shape index (κ1) is 21.3. The summed E-state index contributed by atoms with van der Waals surface area (Å²) in [6.45, 7) is 11.5. The maximum Gasteiger partial charge on any atom is 0.329 e. The third-order valence-electron chi connectivity index (χ3n) is 6.06. The zero-order chi connectivity index (χ0) is 21.2. The van der Waals surface area contributed by atoms with E-state index in [1.54, 1.807) is 6.92 Å². The fraction of sp³-hybridized carbons (Fsp3) is 0.591. The van der Waals surface area contributed by atoms with Gasteiger partial charge in [0.2, 0.25) is 0 Å². The average molecular weight is 402 g/mol. The number of amides is 3. The molecule has 0 unspecified atom stereocenters. The molecule has 2 N–H and O–H groups in total. The van der Waals surface area contributed by atoms with Gasteiger partial charge in [0.25, 0.3) is 5.91 Å². The van der Waals surface area contributed by atoms with Crippen LogP contribution in [0.15, 0.2) is 24.3 Å². The van der Waals surface area contributed by atoms with Gasteiger partial charge in [-0.2, -0.15) is 0 Å². The van der Waals surface area contributed by atoms with E-state index in [1.807, 2.05) is 31.2 Å². The Morgan fingerprint density at radius 2 is 1.79 bits per heavy atom. The number of quaternary nitrogens is 1. The molecule has 2 aliphatic rings. The van der Waals surface area contributed by atoms with Gasteiger partial charge in [-0.25, -0.2) is 9.69 Å². The summed E-state index contributed by atoms with van der Waals surface area (Å²) in [5, 5.41) is 2.91. The number of urea groups is 1. The molecule has 0 aromatic heterocycles. The maximum atomic E-state index is 12.9. The predicted molar refractivity (Wildman–Crippen MR) is 112 cm³/mol. The lowest BCUT2D eigenvalue weighted by Gasteiger charge is -2.34. The monoisotopic (exact) mass is 401 g/mol. The Kier molecular flexibility index (Phi) is 6.27. The second-order valence-electron chi connectivity index (χ2n) is 8.93. The first-order valence-electron chi connectivity index (χ1n) is 10.5. The van der Waals surface area contributed by atoms with Crippen LogP contribution in [0.3, 0.4) is 0 Å². The number of nitrogens with zero attached hydrogens (tertiary/aromatic N) is 2. The lowest BCUT2D eigenvalue weighted by atomic mass is 9.92. The van der Waals surface area contributed by atoms with Crippen LogP contribution < -0.4 is 15.1 Å². The normalized spacial score (nSPS) is 23.1. The van der Waals surface area contributed by atoms with Crippen molar-refractivity contribution in [1.82, 2.24) is 10.2 Å². The summed E-state index contributed by atoms with van der Waals surface area (Å²) in [5.74, 6) is 0.464. The molecule has 3 amide bonds. The fourth-order valence-corrected chi connectivity index (χ4v) is 4.01. The van der Waals surface area contributed by atoms with Crippen LogP contribution in [-0.2, 0) is 4.79 Å². The number of imide groups is 1. The minimum atomic E-state index is -0.777. The number of nitrogens with one attached hydrogen (secondary N) is 2. The molecule has 0 saturated carbocycles. The number of carbonyl (C=O) groups is 3. The van der Waals surface area contributed by atoms with Gasteiger partial charge in [0.05, 0.1) is 26.2 Å². The highest BCUT2D eigenvalue weighted by atomic mass is 16.2. The smallest absolute Gasteiger partial charge is 0.329 e. The number of hydrogen-bond acceptors (Lipinski definition) is 4. The number of ketones is 1. The molecule has 2 saturated heterocycles. The number of rotatable bonds is 7. The molecule has 158 valence electrons. The highest BCUT2D eigenvalue weighted by Gasteiger charge is 2.48. The van der Waals surface area contributed by atoms with Crippen molar-refractivity contribution >= 4 is 23.4 Å². The van der Waals surface area contributed by atoms with Gasteiger partial charge in [0.15, 0.2) is 12.5 Å². The van der Waals surface area contributed by atoms with E-state index in [0.29, 0.717) is 19.0 Å². The Labute approximate surface area is 173 Å². The van der Waals surface area contributed by atoms with Crippen molar-refractivity contribution in [3.63, 3.8) is 0 Å². The van der Waals surface area contributed by atoms with E-state index in [4.69, 9.17) is 0 Å². The molecule has 0 radical (unpaired) electrons. The molecule has 1 atom stereocenters. The zero-order valence-electron chi connectivity index (χ0n) is 18.0. The van der Waals surface area contributed by atoms with Gasteiger partial charge >= 0.3 is 6.03 Å². The van der Waals surface area contributed by atoms with E-state index in [-0.39, 0.29) is 17.7 Å². The minimum absolute atomic E-state index is 0.0692. The van der Waals surface area contributed by atoms with Crippen LogP contribution in [0.2, 0.25) is 0 Å². The Bertz CT molecular complexity index is 769. The molecule has 0 bridgehead atoms. The average Bonchev–Trinajstić information content (AvgIpc) is 2.90. The number of hydrogen-bond donors (Lipinski definition) is 2. The number of Topliss-reactive ketones (excluding diaryl/α,β-unsaturated/α-hetero) is 1. The van der Waals surface area contributed by atoms with Gasteiger partial charge in [-0.05, 0) is 56.9 Å². The van der Waals surface area contributed by atoms with E-state index < -0.39 is 5.54 Å². The second kappa shape index (κ2) is 8.53. The van der Waals surface area contributed by atoms with E-state index in [0.717, 1.165) is 43.9 Å². The maximum absolute atomic E-state index is 12.9. The minimum Gasteiger partial charge on any atom is -0.360 e. The summed E-state index contributed by atoms with van der Waals surface area (Å²) in [6, 6.07) is 7.43. The Morgan fingerprint density at radius 3 is 2.34 bits per heavy atom. The highest BCUT2D eigenvalue weighted by Crippen LogP contribution is 2.24. The summed E-state index contributed by atoms with van der Waals surface area (Å²) in [6.07, 6.45) is 1.58. The van der Waals surface area contributed by atoms with Gasteiger partial charge in [-0.1, -0.05) is 13.8 Å². The number of carbonyl (C=O) groups excluding carboxylic acids is 3. The highest BCUT2D eigenvalue weighted by molar-refractivity contribution is 6.06. The van der Waals surface area contributed by atoms with Crippen molar-refractivity contribution in [3.8, 4) is 0 Å². The molecule has 3 rings (SSSR count). The van der Waals surface area contributed by atoms with Crippen LogP contribution in [0, 0.1) is 5.92 Å². The first-order valence-corrected chi connectivity index (χ1v) is 10.5. The predicted octanol–water partition coefficient (Wildman–Crippen LogP) is 1.30. The topological polar surface area (TPSA) is 74.2 Å². The Balaban J connectivity index is 1.54. The van der Waals surface area contributed by atoms with Crippen molar-refractivity contribution in [3.05, 3.63) is 29.8 Å². The summed E-state index contributed by atoms with van der Waals surface area (Å²) >= 11 is 0. The van der Waals surface area contributed by atoms with Gasteiger partial charge in [0.1, 0.15) is 5.54 Å². The molecule has 2 aliphatic heterocycles. The molecule has 7 nitrogen and oxygen atoms in total. The largest absolute Gasteiger partial charge is 0.360 e. The Morgan fingerprint density at radius 1 is 1.17 bits per heavy atom. The molecule has 29 heavy (non-hydrogen) atoms. The molecule has 2 fully saturated rings. The van der Waals surface area contributed by atoms with E-state index in [9.17, 15) is 14.4 Å². The second-order valence-corrected chi connectivity index (χ2v) is 8.93. The molecule has 0 spiro atoms. The third kappa shape index (κ3) is 4.78. The molecule has 1 aromatic carbocycles. The fourth-order valence-electron chi connectivity index (χ4n) is 4.01. The molecular weight excluding hydrogens is 368 g/mol. The van der Waals surface area contributed by atoms with Gasteiger partial charge in [-0.3, -0.25) is 9.59 Å². The molecule has 2 heterocycles. The first-order chi connectivity index (χ1) is 13.7. The van der Waals surface area contributed by atoms with E-state index >= 15 is 0 Å². The number of benzene rings is 1. The number of piperazine rings is 1. The van der Waals surface area contributed by atoms with Crippen LogP contribution in [0.1, 0.15) is 50.9 Å². The van der Waals surface area contributed by atoms with Crippen molar-refractivity contribution < 1.29 is 19.3 Å². The lowest BCUT2D eigenvalue weighted by molar-refractivity contribution is -0.907. The van der Waals surface area contributed by atoms with Crippen LogP contribution in [0.4, 0.5) is 10.5 Å². The summed E-state index contributed by atoms with van der Waals surface area (Å²) < 4.78 is 0. The lowest BCUT2D eigenvalue weighted by Crippen LogP contribution is -3.16. The van der Waals surface area contributed by atoms with Gasteiger partial charge in [0, 0.05) is 11.3 Å². The third-order valence-corrected chi connectivity index (χ3v) is 6.06. The van der Waals surface area contributed by atoms with Crippen LogP contribution in [0.25, 0.3) is 0 Å². The van der Waals surface area contributed by atoms with Crippen molar-refractivity contribution in [2.24, 2.45) is 5.92 Å². The van der Waals surface area contributed by atoms with Gasteiger partial charge < -0.3 is 15.1 Å². The van der Waals surface area contributed by atoms with Crippen molar-refractivity contribution in [2.45, 2.75) is 46.1 Å². The quantitative estimate of drug-likeness (QED) is 0.534. The summed E-state index contributed by atoms with van der Waals surface area (Å²) in [5.41, 5.74) is 1.04. The van der Waals surface area contributed by atoms with Crippen LogP contribution in [0.5, 0.6) is 0 Å². The molecule has 7 heteroatoms. The van der Waals surface area contributed by atoms with Crippen molar-refractivity contribution in [2.75, 3.05) is 37.7 Å². The van der Waals surface area contributed by atoms with E-state index in [1.165, 1.54) is 9.80 Å². The summed E-state index contributed by atoms with van der Waals surface area (Å²) in [4.78, 5) is 41.7.